The molecule has 0 bridgehead atoms. The second-order valence-corrected chi connectivity index (χ2v) is 5.23. The van der Waals surface area contributed by atoms with E-state index >= 15 is 0 Å². The van der Waals surface area contributed by atoms with Crippen LogP contribution in [0.3, 0.4) is 0 Å². The zero-order chi connectivity index (χ0) is 14.9. The highest BCUT2D eigenvalue weighted by Crippen LogP contribution is 2.30. The first kappa shape index (κ1) is 12.9. The fourth-order valence-corrected chi connectivity index (χ4v) is 2.85. The van der Waals surface area contributed by atoms with Crippen LogP contribution in [-0.4, -0.2) is 16.3 Å². The number of fused-ring (bicyclic) bond motifs is 2. The fourth-order valence-electron chi connectivity index (χ4n) is 2.85. The Morgan fingerprint density at radius 2 is 1.73 bits per heavy atom. The van der Waals surface area contributed by atoms with Gasteiger partial charge in [0.15, 0.2) is 0 Å². The summed E-state index contributed by atoms with van der Waals surface area (Å²) in [5.74, 6) is 0. The summed E-state index contributed by atoms with van der Waals surface area (Å²) in [6, 6.07) is 20.9. The lowest BCUT2D eigenvalue weighted by atomic mass is 10.0. The summed E-state index contributed by atoms with van der Waals surface area (Å²) in [5, 5.41) is 3.53. The van der Waals surface area contributed by atoms with E-state index in [4.69, 9.17) is 4.84 Å². The zero-order valence-electron chi connectivity index (χ0n) is 12.4. The summed E-state index contributed by atoms with van der Waals surface area (Å²) >= 11 is 0. The van der Waals surface area contributed by atoms with Crippen molar-refractivity contribution < 1.29 is 4.84 Å². The Balaban J connectivity index is 2.07. The summed E-state index contributed by atoms with van der Waals surface area (Å²) in [6.07, 6.45) is 1.75. The van der Waals surface area contributed by atoms with Gasteiger partial charge in [-0.25, -0.2) is 4.98 Å². The van der Waals surface area contributed by atoms with Crippen LogP contribution in [0.5, 0.6) is 0 Å². The third-order valence-corrected chi connectivity index (χ3v) is 3.85. The van der Waals surface area contributed by atoms with Crippen LogP contribution in [0, 0.1) is 0 Å². The molecule has 0 aliphatic rings. The molecular formula is C19H16N2O. The van der Waals surface area contributed by atoms with E-state index in [1.165, 1.54) is 10.8 Å². The summed E-state index contributed by atoms with van der Waals surface area (Å²) in [4.78, 5) is 10.3. The van der Waals surface area contributed by atoms with Gasteiger partial charge >= 0.3 is 0 Å². The third-order valence-electron chi connectivity index (χ3n) is 3.85. The number of rotatable bonds is 3. The van der Waals surface area contributed by atoms with Crippen molar-refractivity contribution in [3.8, 4) is 11.3 Å². The molecule has 0 radical (unpaired) electrons. The van der Waals surface area contributed by atoms with Crippen LogP contribution in [0.1, 0.15) is 6.92 Å². The van der Waals surface area contributed by atoms with Crippen molar-refractivity contribution in [3.63, 3.8) is 0 Å². The lowest BCUT2D eigenvalue weighted by Crippen LogP contribution is -2.13. The molecule has 0 saturated heterocycles. The summed E-state index contributed by atoms with van der Waals surface area (Å²) in [7, 11) is 0. The Hall–Kier alpha value is -2.81. The predicted octanol–water partition coefficient (Wildman–Crippen LogP) is 4.31. The number of hydrogen-bond donors (Lipinski definition) is 0. The second-order valence-electron chi connectivity index (χ2n) is 5.23. The number of hydrogen-bond acceptors (Lipinski definition) is 2. The van der Waals surface area contributed by atoms with Crippen molar-refractivity contribution in [3.05, 3.63) is 67.0 Å². The highest BCUT2D eigenvalue weighted by atomic mass is 16.7. The van der Waals surface area contributed by atoms with Gasteiger partial charge in [-0.2, -0.15) is 4.73 Å². The zero-order valence-corrected chi connectivity index (χ0v) is 12.4. The van der Waals surface area contributed by atoms with Crippen molar-refractivity contribution >= 4 is 21.7 Å². The van der Waals surface area contributed by atoms with Crippen LogP contribution in [0.2, 0.25) is 0 Å². The SMILES string of the molecule is CCOn1cnc(-c2ccccc2)c2cc3cccc3cc21. The van der Waals surface area contributed by atoms with Gasteiger partial charge in [-0.15, -0.1) is 0 Å². The Labute approximate surface area is 128 Å². The highest BCUT2D eigenvalue weighted by Gasteiger charge is 2.10. The van der Waals surface area contributed by atoms with Crippen molar-refractivity contribution in [1.29, 1.82) is 0 Å². The van der Waals surface area contributed by atoms with Gasteiger partial charge in [-0.05, 0) is 29.8 Å². The molecule has 22 heavy (non-hydrogen) atoms. The van der Waals surface area contributed by atoms with Crippen LogP contribution in [0.4, 0.5) is 0 Å². The maximum absolute atomic E-state index is 5.69. The molecule has 108 valence electrons. The molecule has 0 spiro atoms. The standard InChI is InChI=1S/C19H16N2O/c1-2-22-21-13-20-19(14-7-4-3-5-8-14)17-11-15-9-6-10-16(15)12-18(17)21/h3-13H,2H2,1H3. The van der Waals surface area contributed by atoms with Crippen molar-refractivity contribution in [2.24, 2.45) is 0 Å². The molecule has 0 aliphatic heterocycles. The number of nitrogens with zero attached hydrogens (tertiary/aromatic N) is 2. The van der Waals surface area contributed by atoms with E-state index in [0.717, 1.165) is 22.2 Å². The summed E-state index contributed by atoms with van der Waals surface area (Å²) in [5.41, 5.74) is 3.13. The minimum Gasteiger partial charge on any atom is -0.413 e. The van der Waals surface area contributed by atoms with E-state index in [9.17, 15) is 0 Å². The average molecular weight is 288 g/mol. The van der Waals surface area contributed by atoms with E-state index in [0.29, 0.717) is 6.61 Å². The predicted molar refractivity (Wildman–Crippen MR) is 89.8 cm³/mol. The van der Waals surface area contributed by atoms with E-state index in [1.807, 2.05) is 25.1 Å². The Bertz CT molecular complexity index is 942. The van der Waals surface area contributed by atoms with Crippen molar-refractivity contribution in [1.82, 2.24) is 9.71 Å². The van der Waals surface area contributed by atoms with Gasteiger partial charge in [0.05, 0.1) is 11.2 Å². The lowest BCUT2D eigenvalue weighted by Gasteiger charge is -2.14. The van der Waals surface area contributed by atoms with E-state index in [1.54, 1.807) is 11.1 Å². The quantitative estimate of drug-likeness (QED) is 0.562. The molecule has 3 heteroatoms. The van der Waals surface area contributed by atoms with Crippen LogP contribution in [-0.2, 0) is 0 Å². The highest BCUT2D eigenvalue weighted by molar-refractivity contribution is 6.02. The smallest absolute Gasteiger partial charge is 0.133 e. The molecular weight excluding hydrogens is 272 g/mol. The third kappa shape index (κ3) is 2.02. The van der Waals surface area contributed by atoms with E-state index < -0.39 is 0 Å². The normalized spacial score (nSPS) is 11.1. The molecule has 0 N–H and O–H groups in total. The molecule has 1 aromatic heterocycles. The van der Waals surface area contributed by atoms with Gasteiger partial charge in [-0.1, -0.05) is 48.5 Å². The molecule has 1 heterocycles. The fraction of sp³-hybridized carbons (Fsp3) is 0.105. The van der Waals surface area contributed by atoms with Crippen LogP contribution >= 0.6 is 0 Å². The number of aromatic nitrogens is 2. The number of benzene rings is 2. The molecule has 0 saturated carbocycles. The molecule has 4 aromatic rings. The topological polar surface area (TPSA) is 27.1 Å². The molecule has 0 amide bonds. The van der Waals surface area contributed by atoms with Gasteiger partial charge in [0.2, 0.25) is 0 Å². The first-order valence-electron chi connectivity index (χ1n) is 7.45. The Morgan fingerprint density at radius 3 is 2.50 bits per heavy atom. The van der Waals surface area contributed by atoms with Gasteiger partial charge < -0.3 is 4.84 Å². The Morgan fingerprint density at radius 1 is 0.955 bits per heavy atom. The van der Waals surface area contributed by atoms with Gasteiger partial charge in [0.25, 0.3) is 0 Å². The molecule has 0 fully saturated rings. The molecule has 3 nitrogen and oxygen atoms in total. The second kappa shape index (κ2) is 5.19. The summed E-state index contributed by atoms with van der Waals surface area (Å²) in [6.45, 7) is 2.58. The van der Waals surface area contributed by atoms with Gasteiger partial charge in [-0.3, -0.25) is 0 Å². The van der Waals surface area contributed by atoms with Gasteiger partial charge in [0.1, 0.15) is 12.9 Å². The van der Waals surface area contributed by atoms with Crippen LogP contribution in [0.25, 0.3) is 32.9 Å². The molecule has 0 atom stereocenters. The Kier molecular flexibility index (Phi) is 3.04. The van der Waals surface area contributed by atoms with Crippen molar-refractivity contribution in [2.75, 3.05) is 6.61 Å². The monoisotopic (exact) mass is 288 g/mol. The van der Waals surface area contributed by atoms with Crippen LogP contribution in [0.15, 0.2) is 67.0 Å². The maximum Gasteiger partial charge on any atom is 0.133 e. The largest absolute Gasteiger partial charge is 0.413 e. The molecule has 3 aromatic carbocycles. The van der Waals surface area contributed by atoms with Gasteiger partial charge in [0, 0.05) is 10.9 Å². The minimum absolute atomic E-state index is 0.602. The first-order valence-corrected chi connectivity index (χ1v) is 7.45. The molecule has 0 aliphatic carbocycles. The van der Waals surface area contributed by atoms with E-state index in [2.05, 4.69) is 47.4 Å². The summed E-state index contributed by atoms with van der Waals surface area (Å²) < 4.78 is 1.76. The van der Waals surface area contributed by atoms with E-state index in [-0.39, 0.29) is 0 Å². The minimum atomic E-state index is 0.602. The average Bonchev–Trinajstić information content (AvgIpc) is 3.02. The first-order chi connectivity index (χ1) is 10.9. The molecule has 0 unspecified atom stereocenters. The maximum atomic E-state index is 5.69. The van der Waals surface area contributed by atoms with Crippen molar-refractivity contribution in [2.45, 2.75) is 6.92 Å². The molecule has 4 rings (SSSR count). The lowest BCUT2D eigenvalue weighted by molar-refractivity contribution is 0.128. The van der Waals surface area contributed by atoms with Crippen LogP contribution < -0.4 is 4.84 Å².